The molecule has 1 N–H and O–H groups in total. The first kappa shape index (κ1) is 9.92. The van der Waals surface area contributed by atoms with Crippen LogP contribution in [0.4, 0.5) is 0 Å². The van der Waals surface area contributed by atoms with E-state index in [4.69, 9.17) is 5.11 Å². The molecule has 2 heteroatoms. The van der Waals surface area contributed by atoms with Crippen molar-refractivity contribution in [2.24, 2.45) is 0 Å². The number of aliphatic hydroxyl groups is 1. The third-order valence-corrected chi connectivity index (χ3v) is 1.76. The first-order valence-electron chi connectivity index (χ1n) is 4.11. The second kappa shape index (κ2) is 5.69. The Morgan fingerprint density at radius 3 is 2.10 bits per heavy atom. The molecule has 0 aliphatic rings. The molecular formula is C8H19NO. The van der Waals surface area contributed by atoms with Crippen molar-refractivity contribution in [3.8, 4) is 0 Å². The Morgan fingerprint density at radius 1 is 1.30 bits per heavy atom. The molecule has 10 heavy (non-hydrogen) atoms. The van der Waals surface area contributed by atoms with E-state index in [1.165, 1.54) is 0 Å². The van der Waals surface area contributed by atoms with Crippen LogP contribution in [-0.4, -0.2) is 35.7 Å². The molecule has 62 valence electrons. The lowest BCUT2D eigenvalue weighted by molar-refractivity contribution is 0.160. The van der Waals surface area contributed by atoms with E-state index < -0.39 is 0 Å². The van der Waals surface area contributed by atoms with E-state index in [1.54, 1.807) is 0 Å². The van der Waals surface area contributed by atoms with E-state index in [1.807, 2.05) is 6.92 Å². The molecule has 0 heterocycles. The van der Waals surface area contributed by atoms with Crippen molar-refractivity contribution in [1.82, 2.24) is 4.90 Å². The summed E-state index contributed by atoms with van der Waals surface area (Å²) in [5.74, 6) is 0. The highest BCUT2D eigenvalue weighted by Crippen LogP contribution is 1.94. The zero-order valence-corrected chi connectivity index (χ0v) is 7.30. The van der Waals surface area contributed by atoms with Gasteiger partial charge in [-0.1, -0.05) is 13.8 Å². The zero-order valence-electron chi connectivity index (χ0n) is 7.30. The Balaban J connectivity index is 3.26. The van der Waals surface area contributed by atoms with Crippen molar-refractivity contribution in [2.45, 2.75) is 33.3 Å². The van der Waals surface area contributed by atoms with Crippen LogP contribution < -0.4 is 0 Å². The van der Waals surface area contributed by atoms with Crippen molar-refractivity contribution in [2.75, 3.05) is 19.6 Å². The Kier molecular flexibility index (Phi) is 5.64. The molecule has 0 aromatic carbocycles. The predicted octanol–water partition coefficient (Wildman–Crippen LogP) is 1.10. The van der Waals surface area contributed by atoms with Gasteiger partial charge in [-0.3, -0.25) is 0 Å². The van der Waals surface area contributed by atoms with Crippen molar-refractivity contribution in [3.05, 3.63) is 0 Å². The fraction of sp³-hybridized carbons (Fsp3) is 1.00. The van der Waals surface area contributed by atoms with Crippen molar-refractivity contribution < 1.29 is 5.11 Å². The minimum absolute atomic E-state index is 0.152. The topological polar surface area (TPSA) is 23.5 Å². The highest BCUT2D eigenvalue weighted by atomic mass is 16.3. The molecule has 0 amide bonds. The smallest absolute Gasteiger partial charge is 0.0524 e. The molecule has 2 nitrogen and oxygen atoms in total. The van der Waals surface area contributed by atoms with Crippen molar-refractivity contribution in [3.63, 3.8) is 0 Å². The van der Waals surface area contributed by atoms with Crippen LogP contribution >= 0.6 is 0 Å². The van der Waals surface area contributed by atoms with Crippen LogP contribution in [0.25, 0.3) is 0 Å². The molecule has 0 rings (SSSR count). The molecule has 1 unspecified atom stereocenters. The number of nitrogens with zero attached hydrogens (tertiary/aromatic N) is 1. The monoisotopic (exact) mass is 145 g/mol. The van der Waals surface area contributed by atoms with Gasteiger partial charge in [0, 0.05) is 6.54 Å². The number of aliphatic hydroxyl groups excluding tert-OH is 1. The second-order valence-electron chi connectivity index (χ2n) is 2.66. The second-order valence-corrected chi connectivity index (χ2v) is 2.66. The summed E-state index contributed by atoms with van der Waals surface area (Å²) in [4.78, 5) is 2.31. The summed E-state index contributed by atoms with van der Waals surface area (Å²) < 4.78 is 0. The summed E-state index contributed by atoms with van der Waals surface area (Å²) in [6.07, 6.45) is 0.738. The average molecular weight is 145 g/mol. The van der Waals surface area contributed by atoms with E-state index in [9.17, 15) is 0 Å². The SMILES string of the molecule is CCN(CC)CCC(C)O. The summed E-state index contributed by atoms with van der Waals surface area (Å²) in [6, 6.07) is 0. The summed E-state index contributed by atoms with van der Waals surface area (Å²) in [7, 11) is 0. The van der Waals surface area contributed by atoms with Gasteiger partial charge < -0.3 is 10.0 Å². The normalized spacial score (nSPS) is 14.1. The van der Waals surface area contributed by atoms with E-state index in [-0.39, 0.29) is 6.10 Å². The van der Waals surface area contributed by atoms with Crippen LogP contribution in [0.3, 0.4) is 0 Å². The van der Waals surface area contributed by atoms with Crippen LogP contribution in [0.15, 0.2) is 0 Å². The van der Waals surface area contributed by atoms with Gasteiger partial charge in [0.1, 0.15) is 0 Å². The highest BCUT2D eigenvalue weighted by molar-refractivity contribution is 4.55. The van der Waals surface area contributed by atoms with Crippen LogP contribution in [0.1, 0.15) is 27.2 Å². The fourth-order valence-electron chi connectivity index (χ4n) is 0.909. The van der Waals surface area contributed by atoms with E-state index in [0.717, 1.165) is 26.1 Å². The summed E-state index contributed by atoms with van der Waals surface area (Å²) >= 11 is 0. The third-order valence-electron chi connectivity index (χ3n) is 1.76. The minimum Gasteiger partial charge on any atom is -0.393 e. The van der Waals surface area contributed by atoms with Crippen LogP contribution in [0.5, 0.6) is 0 Å². The van der Waals surface area contributed by atoms with Gasteiger partial charge in [0.15, 0.2) is 0 Å². The minimum atomic E-state index is -0.152. The molecule has 0 saturated carbocycles. The summed E-state index contributed by atoms with van der Waals surface area (Å²) in [6.45, 7) is 9.32. The molecule has 0 fully saturated rings. The average Bonchev–Trinajstić information content (AvgIpc) is 1.90. The largest absolute Gasteiger partial charge is 0.393 e. The molecule has 0 radical (unpaired) electrons. The Morgan fingerprint density at radius 2 is 1.80 bits per heavy atom. The lowest BCUT2D eigenvalue weighted by Crippen LogP contribution is -2.26. The quantitative estimate of drug-likeness (QED) is 0.626. The highest BCUT2D eigenvalue weighted by Gasteiger charge is 2.00. The van der Waals surface area contributed by atoms with Gasteiger partial charge in [-0.2, -0.15) is 0 Å². The first-order valence-corrected chi connectivity index (χ1v) is 4.11. The molecule has 0 aromatic rings. The summed E-state index contributed by atoms with van der Waals surface area (Å²) in [5, 5.41) is 8.97. The molecule has 0 bridgehead atoms. The molecule has 0 aromatic heterocycles. The van der Waals surface area contributed by atoms with Gasteiger partial charge in [-0.05, 0) is 26.4 Å². The standard InChI is InChI=1S/C8H19NO/c1-4-9(5-2)7-6-8(3)10/h8,10H,4-7H2,1-3H3. The Labute approximate surface area is 63.8 Å². The van der Waals surface area contributed by atoms with Crippen molar-refractivity contribution >= 4 is 0 Å². The lowest BCUT2D eigenvalue weighted by atomic mass is 10.3. The van der Waals surface area contributed by atoms with Crippen LogP contribution in [0, 0.1) is 0 Å². The molecule has 0 saturated heterocycles. The van der Waals surface area contributed by atoms with E-state index in [2.05, 4.69) is 18.7 Å². The van der Waals surface area contributed by atoms with Gasteiger partial charge in [-0.25, -0.2) is 0 Å². The molecule has 0 aliphatic carbocycles. The van der Waals surface area contributed by atoms with Gasteiger partial charge in [0.25, 0.3) is 0 Å². The maximum Gasteiger partial charge on any atom is 0.0524 e. The van der Waals surface area contributed by atoms with Gasteiger partial charge in [-0.15, -0.1) is 0 Å². The molecule has 1 atom stereocenters. The Bertz CT molecular complexity index is 69.7. The van der Waals surface area contributed by atoms with Crippen LogP contribution in [0.2, 0.25) is 0 Å². The third kappa shape index (κ3) is 4.77. The molecule has 0 spiro atoms. The van der Waals surface area contributed by atoms with E-state index >= 15 is 0 Å². The maximum absolute atomic E-state index is 8.97. The Hall–Kier alpha value is -0.0800. The number of rotatable bonds is 5. The van der Waals surface area contributed by atoms with Gasteiger partial charge >= 0.3 is 0 Å². The summed E-state index contributed by atoms with van der Waals surface area (Å²) in [5.41, 5.74) is 0. The first-order chi connectivity index (χ1) is 4.70. The predicted molar refractivity (Wildman–Crippen MR) is 44.1 cm³/mol. The zero-order chi connectivity index (χ0) is 7.98. The van der Waals surface area contributed by atoms with Crippen molar-refractivity contribution in [1.29, 1.82) is 0 Å². The van der Waals surface area contributed by atoms with Gasteiger partial charge in [0.2, 0.25) is 0 Å². The maximum atomic E-state index is 8.97. The van der Waals surface area contributed by atoms with Crippen LogP contribution in [-0.2, 0) is 0 Å². The van der Waals surface area contributed by atoms with Gasteiger partial charge in [0.05, 0.1) is 6.10 Å². The van der Waals surface area contributed by atoms with E-state index in [0.29, 0.717) is 0 Å². The number of hydrogen-bond donors (Lipinski definition) is 1. The fourth-order valence-corrected chi connectivity index (χ4v) is 0.909. The number of hydrogen-bond acceptors (Lipinski definition) is 2. The lowest BCUT2D eigenvalue weighted by Gasteiger charge is -2.18. The molecular weight excluding hydrogens is 126 g/mol. The molecule has 0 aliphatic heterocycles.